The number of unbranched alkanes of at least 4 members (excludes halogenated alkanes) is 10. The molecular weight excluding hydrogens is 308 g/mol. The molecule has 0 fully saturated rings. The molecule has 0 unspecified atom stereocenters. The highest BCUT2D eigenvalue weighted by molar-refractivity contribution is 5.69. The Bertz CT molecular complexity index is 304. The molecule has 0 aliphatic heterocycles. The Morgan fingerprint density at radius 3 is 1.88 bits per heavy atom. The first-order chi connectivity index (χ1) is 11.7. The summed E-state index contributed by atoms with van der Waals surface area (Å²) in [6.45, 7) is 2.92. The van der Waals surface area contributed by atoms with Crippen molar-refractivity contribution in [3.63, 3.8) is 0 Å². The number of carbonyl (C=O) groups is 2. The van der Waals surface area contributed by atoms with Crippen molar-refractivity contribution in [2.45, 2.75) is 96.8 Å². The van der Waals surface area contributed by atoms with E-state index >= 15 is 0 Å². The molecule has 0 heterocycles. The Balaban J connectivity index is 3.16. The zero-order chi connectivity index (χ0) is 17.9. The van der Waals surface area contributed by atoms with E-state index in [0.717, 1.165) is 57.8 Å². The average Bonchev–Trinajstić information content (AvgIpc) is 2.55. The zero-order valence-corrected chi connectivity index (χ0v) is 15.4. The molecule has 0 atom stereocenters. The summed E-state index contributed by atoms with van der Waals surface area (Å²) in [7, 11) is 0. The number of hydrogen-bond donors (Lipinski definition) is 1. The molecule has 0 spiro atoms. The maximum Gasteiger partial charge on any atom is 0.307 e. The molecule has 0 saturated heterocycles. The lowest BCUT2D eigenvalue weighted by molar-refractivity contribution is -0.156. The van der Waals surface area contributed by atoms with E-state index in [9.17, 15) is 9.59 Å². The third kappa shape index (κ3) is 18.9. The lowest BCUT2D eigenvalue weighted by Gasteiger charge is -2.06. The summed E-state index contributed by atoms with van der Waals surface area (Å²) in [6.07, 6.45) is 13.6. The van der Waals surface area contributed by atoms with Gasteiger partial charge < -0.3 is 14.6 Å². The minimum atomic E-state index is -0.705. The standard InChI is InChI=1S/C19H36O5/c1-2-3-4-13-16-23-17-24-19(22)15-12-10-8-6-5-7-9-11-14-18(20)21/h2-17H2,1H3,(H,20,21). The number of carboxylic acid groups (broad SMARTS) is 1. The number of carbonyl (C=O) groups excluding carboxylic acids is 1. The Labute approximate surface area is 147 Å². The van der Waals surface area contributed by atoms with Crippen LogP contribution >= 0.6 is 0 Å². The number of ether oxygens (including phenoxy) is 2. The molecule has 0 amide bonds. The fourth-order valence-corrected chi connectivity index (χ4v) is 2.48. The lowest BCUT2D eigenvalue weighted by Crippen LogP contribution is -2.08. The van der Waals surface area contributed by atoms with E-state index in [0.29, 0.717) is 13.0 Å². The van der Waals surface area contributed by atoms with E-state index in [1.54, 1.807) is 0 Å². The Morgan fingerprint density at radius 1 is 0.750 bits per heavy atom. The summed E-state index contributed by atoms with van der Waals surface area (Å²) in [5, 5.41) is 8.52. The van der Waals surface area contributed by atoms with Crippen LogP contribution in [-0.2, 0) is 19.1 Å². The van der Waals surface area contributed by atoms with Gasteiger partial charge in [-0.05, 0) is 19.3 Å². The fourth-order valence-electron chi connectivity index (χ4n) is 2.48. The van der Waals surface area contributed by atoms with Gasteiger partial charge in [-0.3, -0.25) is 9.59 Å². The third-order valence-corrected chi connectivity index (χ3v) is 3.97. The van der Waals surface area contributed by atoms with Crippen molar-refractivity contribution in [3.8, 4) is 0 Å². The molecular formula is C19H36O5. The summed E-state index contributed by atoms with van der Waals surface area (Å²) < 4.78 is 10.3. The summed E-state index contributed by atoms with van der Waals surface area (Å²) in [5.74, 6) is -0.874. The van der Waals surface area contributed by atoms with Gasteiger partial charge >= 0.3 is 11.9 Å². The van der Waals surface area contributed by atoms with Crippen LogP contribution < -0.4 is 0 Å². The van der Waals surface area contributed by atoms with Crippen molar-refractivity contribution in [1.82, 2.24) is 0 Å². The van der Waals surface area contributed by atoms with Crippen LogP contribution in [-0.4, -0.2) is 30.4 Å². The molecule has 0 saturated carbocycles. The minimum Gasteiger partial charge on any atom is -0.481 e. The van der Waals surface area contributed by atoms with Gasteiger partial charge in [-0.2, -0.15) is 0 Å². The van der Waals surface area contributed by atoms with Crippen LogP contribution in [0.5, 0.6) is 0 Å². The van der Waals surface area contributed by atoms with Crippen LogP contribution in [0.4, 0.5) is 0 Å². The number of carboxylic acids is 1. The van der Waals surface area contributed by atoms with E-state index < -0.39 is 5.97 Å². The van der Waals surface area contributed by atoms with Crippen LogP contribution in [0.3, 0.4) is 0 Å². The summed E-state index contributed by atoms with van der Waals surface area (Å²) in [4.78, 5) is 21.8. The third-order valence-electron chi connectivity index (χ3n) is 3.97. The van der Waals surface area contributed by atoms with Gasteiger partial charge in [0.15, 0.2) is 6.79 Å². The van der Waals surface area contributed by atoms with Gasteiger partial charge in [-0.1, -0.05) is 64.7 Å². The molecule has 0 aliphatic carbocycles. The molecule has 5 nitrogen and oxygen atoms in total. The van der Waals surface area contributed by atoms with Crippen LogP contribution in [0.15, 0.2) is 0 Å². The lowest BCUT2D eigenvalue weighted by atomic mass is 10.1. The molecule has 5 heteroatoms. The molecule has 0 bridgehead atoms. The van der Waals surface area contributed by atoms with Crippen molar-refractivity contribution in [1.29, 1.82) is 0 Å². The highest BCUT2D eigenvalue weighted by atomic mass is 16.7. The van der Waals surface area contributed by atoms with Gasteiger partial charge in [-0.15, -0.1) is 0 Å². The Morgan fingerprint density at radius 2 is 1.29 bits per heavy atom. The van der Waals surface area contributed by atoms with Gasteiger partial charge in [0, 0.05) is 12.8 Å². The van der Waals surface area contributed by atoms with Crippen molar-refractivity contribution in [2.24, 2.45) is 0 Å². The van der Waals surface area contributed by atoms with Crippen LogP contribution in [0, 0.1) is 0 Å². The van der Waals surface area contributed by atoms with E-state index in [-0.39, 0.29) is 19.2 Å². The topological polar surface area (TPSA) is 72.8 Å². The molecule has 0 aliphatic rings. The molecule has 0 rings (SSSR count). The maximum absolute atomic E-state index is 11.5. The largest absolute Gasteiger partial charge is 0.481 e. The first kappa shape index (κ1) is 22.9. The maximum atomic E-state index is 11.5. The van der Waals surface area contributed by atoms with Crippen molar-refractivity contribution >= 4 is 11.9 Å². The molecule has 24 heavy (non-hydrogen) atoms. The quantitative estimate of drug-likeness (QED) is 0.213. The molecule has 142 valence electrons. The second-order valence-corrected chi connectivity index (χ2v) is 6.33. The number of rotatable bonds is 18. The summed E-state index contributed by atoms with van der Waals surface area (Å²) in [6, 6.07) is 0. The summed E-state index contributed by atoms with van der Waals surface area (Å²) >= 11 is 0. The van der Waals surface area contributed by atoms with Crippen LogP contribution in [0.2, 0.25) is 0 Å². The molecule has 0 radical (unpaired) electrons. The van der Waals surface area contributed by atoms with Gasteiger partial charge in [0.05, 0.1) is 6.61 Å². The first-order valence-electron chi connectivity index (χ1n) is 9.62. The normalized spacial score (nSPS) is 10.7. The average molecular weight is 344 g/mol. The van der Waals surface area contributed by atoms with Crippen LogP contribution in [0.25, 0.3) is 0 Å². The number of aliphatic carboxylic acids is 1. The molecule has 0 aromatic rings. The number of hydrogen-bond acceptors (Lipinski definition) is 4. The highest BCUT2D eigenvalue weighted by Crippen LogP contribution is 2.11. The highest BCUT2D eigenvalue weighted by Gasteiger charge is 2.02. The van der Waals surface area contributed by atoms with E-state index in [2.05, 4.69) is 6.92 Å². The van der Waals surface area contributed by atoms with E-state index in [1.807, 2.05) is 0 Å². The second kappa shape index (κ2) is 18.2. The summed E-state index contributed by atoms with van der Waals surface area (Å²) in [5.41, 5.74) is 0. The van der Waals surface area contributed by atoms with Gasteiger partial charge in [0.2, 0.25) is 0 Å². The monoisotopic (exact) mass is 344 g/mol. The van der Waals surface area contributed by atoms with E-state index in [1.165, 1.54) is 19.3 Å². The predicted molar refractivity (Wildman–Crippen MR) is 94.9 cm³/mol. The smallest absolute Gasteiger partial charge is 0.307 e. The number of esters is 1. The van der Waals surface area contributed by atoms with Gasteiger partial charge in [0.1, 0.15) is 0 Å². The Hall–Kier alpha value is -1.10. The van der Waals surface area contributed by atoms with Crippen molar-refractivity contribution in [3.05, 3.63) is 0 Å². The van der Waals surface area contributed by atoms with Crippen molar-refractivity contribution in [2.75, 3.05) is 13.4 Å². The molecule has 0 aromatic carbocycles. The molecule has 1 N–H and O–H groups in total. The predicted octanol–water partition coefficient (Wildman–Crippen LogP) is 5.07. The van der Waals surface area contributed by atoms with Gasteiger partial charge in [0.25, 0.3) is 0 Å². The molecule has 0 aromatic heterocycles. The first-order valence-corrected chi connectivity index (χ1v) is 9.62. The SMILES string of the molecule is CCCCCCOCOC(=O)CCCCCCCCCCC(=O)O. The van der Waals surface area contributed by atoms with Crippen LogP contribution in [0.1, 0.15) is 96.8 Å². The van der Waals surface area contributed by atoms with Crippen molar-refractivity contribution < 1.29 is 24.2 Å². The second-order valence-electron chi connectivity index (χ2n) is 6.33. The van der Waals surface area contributed by atoms with E-state index in [4.69, 9.17) is 14.6 Å². The minimum absolute atomic E-state index is 0.0846. The van der Waals surface area contributed by atoms with Gasteiger partial charge in [-0.25, -0.2) is 0 Å². The zero-order valence-electron chi connectivity index (χ0n) is 15.4. The Kier molecular flexibility index (Phi) is 17.4. The fraction of sp³-hybridized carbons (Fsp3) is 0.895.